The summed E-state index contributed by atoms with van der Waals surface area (Å²) >= 11 is 3.38. The molecule has 148 valence electrons. The zero-order chi connectivity index (χ0) is 20.6. The summed E-state index contributed by atoms with van der Waals surface area (Å²) in [7, 11) is 2.89. The van der Waals surface area contributed by atoms with Crippen LogP contribution in [0.15, 0.2) is 34.8 Å². The molecular formula is C19H15BrF3NO4. The van der Waals surface area contributed by atoms with Crippen LogP contribution in [0.2, 0.25) is 0 Å². The Morgan fingerprint density at radius 3 is 2.39 bits per heavy atom. The second kappa shape index (κ2) is 7.38. The van der Waals surface area contributed by atoms with Gasteiger partial charge in [0.25, 0.3) is 0 Å². The van der Waals surface area contributed by atoms with Crippen LogP contribution in [0.4, 0.5) is 13.2 Å². The number of hydrogen-bond donors (Lipinski definition) is 2. The molecule has 0 aliphatic rings. The highest BCUT2D eigenvalue weighted by Gasteiger charge is 2.34. The number of methoxy groups -OCH3 is 2. The standard InChI is InChI=1S/C19H15BrF3NO4/c1-27-14-6-11(13(20)8-15(14)28-2)17-10(7-16(25)26)9-4-3-5-12(18(9)24-17)19(21,22)23/h3-6,8,24H,7H2,1-2H3,(H,25,26). The van der Waals surface area contributed by atoms with E-state index in [1.54, 1.807) is 12.1 Å². The van der Waals surface area contributed by atoms with Crippen LogP contribution in [-0.2, 0) is 17.4 Å². The normalized spacial score (nSPS) is 11.6. The molecule has 9 heteroatoms. The molecule has 0 spiro atoms. The van der Waals surface area contributed by atoms with Crippen molar-refractivity contribution in [1.82, 2.24) is 4.98 Å². The number of carboxylic acid groups (broad SMARTS) is 1. The summed E-state index contributed by atoms with van der Waals surface area (Å²) < 4.78 is 51.3. The molecule has 0 saturated heterocycles. The molecule has 0 fully saturated rings. The minimum Gasteiger partial charge on any atom is -0.493 e. The molecule has 3 aromatic rings. The number of para-hydroxylation sites is 1. The Balaban J connectivity index is 2.36. The number of H-pyrrole nitrogens is 1. The van der Waals surface area contributed by atoms with Crippen molar-refractivity contribution < 1.29 is 32.5 Å². The minimum absolute atomic E-state index is 0.164. The molecule has 3 rings (SSSR count). The second-order valence-electron chi connectivity index (χ2n) is 5.96. The highest BCUT2D eigenvalue weighted by atomic mass is 79.9. The highest BCUT2D eigenvalue weighted by Crippen LogP contribution is 2.43. The van der Waals surface area contributed by atoms with E-state index in [1.165, 1.54) is 26.4 Å². The molecule has 0 saturated carbocycles. The largest absolute Gasteiger partial charge is 0.493 e. The maximum Gasteiger partial charge on any atom is 0.418 e. The second-order valence-corrected chi connectivity index (χ2v) is 6.82. The number of aromatic amines is 1. The Labute approximate surface area is 166 Å². The first-order valence-corrected chi connectivity index (χ1v) is 8.81. The fourth-order valence-electron chi connectivity index (χ4n) is 3.12. The molecule has 0 radical (unpaired) electrons. The third-order valence-electron chi connectivity index (χ3n) is 4.32. The smallest absolute Gasteiger partial charge is 0.418 e. The van der Waals surface area contributed by atoms with Gasteiger partial charge in [-0.2, -0.15) is 13.2 Å². The van der Waals surface area contributed by atoms with Gasteiger partial charge in [-0.1, -0.05) is 12.1 Å². The van der Waals surface area contributed by atoms with Gasteiger partial charge < -0.3 is 19.6 Å². The maximum atomic E-state index is 13.4. The van der Waals surface area contributed by atoms with Gasteiger partial charge >= 0.3 is 12.1 Å². The van der Waals surface area contributed by atoms with Crippen molar-refractivity contribution in [3.63, 3.8) is 0 Å². The summed E-state index contributed by atoms with van der Waals surface area (Å²) in [6.45, 7) is 0. The molecular weight excluding hydrogens is 443 g/mol. The first-order chi connectivity index (χ1) is 13.2. The van der Waals surface area contributed by atoms with Gasteiger partial charge in [-0.15, -0.1) is 0 Å². The van der Waals surface area contributed by atoms with E-state index in [9.17, 15) is 23.1 Å². The van der Waals surface area contributed by atoms with Crippen LogP contribution in [0.1, 0.15) is 11.1 Å². The predicted octanol–water partition coefficient (Wildman–Crippen LogP) is 5.26. The quantitative estimate of drug-likeness (QED) is 0.547. The molecule has 28 heavy (non-hydrogen) atoms. The number of aliphatic carboxylic acids is 1. The molecule has 5 nitrogen and oxygen atoms in total. The van der Waals surface area contributed by atoms with Crippen molar-refractivity contribution in [1.29, 1.82) is 0 Å². The third kappa shape index (κ3) is 3.54. The SMILES string of the molecule is COc1cc(Br)c(-c2[nH]c3c(C(F)(F)F)cccc3c2CC(=O)O)cc1OC. The number of halogens is 4. The molecule has 1 aromatic heterocycles. The van der Waals surface area contributed by atoms with Gasteiger partial charge in [-0.3, -0.25) is 4.79 Å². The van der Waals surface area contributed by atoms with E-state index in [2.05, 4.69) is 20.9 Å². The average Bonchev–Trinajstić information content (AvgIpc) is 2.98. The zero-order valence-corrected chi connectivity index (χ0v) is 16.4. The van der Waals surface area contributed by atoms with Crippen LogP contribution in [0, 0.1) is 0 Å². The van der Waals surface area contributed by atoms with Gasteiger partial charge in [-0.05, 0) is 39.7 Å². The minimum atomic E-state index is -4.59. The van der Waals surface area contributed by atoms with E-state index in [1.807, 2.05) is 0 Å². The zero-order valence-electron chi connectivity index (χ0n) is 14.8. The molecule has 0 unspecified atom stereocenters. The number of carbonyl (C=O) groups is 1. The number of alkyl halides is 3. The van der Waals surface area contributed by atoms with E-state index in [-0.39, 0.29) is 22.2 Å². The van der Waals surface area contributed by atoms with E-state index in [0.717, 1.165) is 6.07 Å². The Morgan fingerprint density at radius 2 is 1.82 bits per heavy atom. The van der Waals surface area contributed by atoms with Gasteiger partial charge in [0, 0.05) is 15.4 Å². The fourth-order valence-corrected chi connectivity index (χ4v) is 3.64. The Morgan fingerprint density at radius 1 is 1.18 bits per heavy atom. The number of nitrogens with one attached hydrogen (secondary N) is 1. The first-order valence-electron chi connectivity index (χ1n) is 8.01. The Hall–Kier alpha value is -2.68. The van der Waals surface area contributed by atoms with E-state index in [0.29, 0.717) is 21.5 Å². The van der Waals surface area contributed by atoms with Crippen molar-refractivity contribution in [3.8, 4) is 22.8 Å². The molecule has 2 aromatic carbocycles. The lowest BCUT2D eigenvalue weighted by molar-refractivity contribution is -0.137. The topological polar surface area (TPSA) is 71.6 Å². The number of aromatic nitrogens is 1. The molecule has 0 atom stereocenters. The van der Waals surface area contributed by atoms with Crippen LogP contribution in [-0.4, -0.2) is 30.3 Å². The number of ether oxygens (including phenoxy) is 2. The molecule has 0 amide bonds. The van der Waals surface area contributed by atoms with Crippen LogP contribution in [0.5, 0.6) is 11.5 Å². The number of benzene rings is 2. The summed E-state index contributed by atoms with van der Waals surface area (Å²) in [6.07, 6.45) is -5.03. The first kappa shape index (κ1) is 20.1. The Kier molecular flexibility index (Phi) is 5.29. The summed E-state index contributed by atoms with van der Waals surface area (Å²) in [4.78, 5) is 14.2. The van der Waals surface area contributed by atoms with Gasteiger partial charge in [0.2, 0.25) is 0 Å². The lowest BCUT2D eigenvalue weighted by atomic mass is 10.0. The molecule has 1 heterocycles. The van der Waals surface area contributed by atoms with Gasteiger partial charge in [0.15, 0.2) is 11.5 Å². The highest BCUT2D eigenvalue weighted by molar-refractivity contribution is 9.10. The van der Waals surface area contributed by atoms with Crippen LogP contribution < -0.4 is 9.47 Å². The van der Waals surface area contributed by atoms with Gasteiger partial charge in [0.05, 0.1) is 37.4 Å². The van der Waals surface area contributed by atoms with Crippen LogP contribution >= 0.6 is 15.9 Å². The maximum absolute atomic E-state index is 13.4. The van der Waals surface area contributed by atoms with Crippen molar-refractivity contribution >= 4 is 32.8 Å². The van der Waals surface area contributed by atoms with Crippen molar-refractivity contribution in [2.75, 3.05) is 14.2 Å². The summed E-state index contributed by atoms with van der Waals surface area (Å²) in [6, 6.07) is 6.87. The summed E-state index contributed by atoms with van der Waals surface area (Å²) in [5, 5.41) is 9.51. The van der Waals surface area contributed by atoms with Crippen LogP contribution in [0.3, 0.4) is 0 Å². The predicted molar refractivity (Wildman–Crippen MR) is 101 cm³/mol. The molecule has 0 aliphatic heterocycles. The van der Waals surface area contributed by atoms with Crippen molar-refractivity contribution in [2.24, 2.45) is 0 Å². The fraction of sp³-hybridized carbons (Fsp3) is 0.211. The molecule has 0 bridgehead atoms. The van der Waals surface area contributed by atoms with Crippen LogP contribution in [0.25, 0.3) is 22.2 Å². The summed E-state index contributed by atoms with van der Waals surface area (Å²) in [5.41, 5.74) is -0.0518. The van der Waals surface area contributed by atoms with Gasteiger partial charge in [-0.25, -0.2) is 0 Å². The third-order valence-corrected chi connectivity index (χ3v) is 4.97. The van der Waals surface area contributed by atoms with Crippen molar-refractivity contribution in [3.05, 3.63) is 45.9 Å². The van der Waals surface area contributed by atoms with E-state index < -0.39 is 24.1 Å². The number of hydrogen-bond acceptors (Lipinski definition) is 3. The monoisotopic (exact) mass is 457 g/mol. The molecule has 0 aliphatic carbocycles. The van der Waals surface area contributed by atoms with E-state index in [4.69, 9.17) is 9.47 Å². The number of fused-ring (bicyclic) bond motifs is 1. The summed E-state index contributed by atoms with van der Waals surface area (Å²) in [5.74, 6) is -0.377. The lowest BCUT2D eigenvalue weighted by Crippen LogP contribution is -2.05. The van der Waals surface area contributed by atoms with Gasteiger partial charge in [0.1, 0.15) is 0 Å². The Bertz CT molecular complexity index is 1060. The lowest BCUT2D eigenvalue weighted by Gasteiger charge is -2.12. The average molecular weight is 458 g/mol. The van der Waals surface area contributed by atoms with Crippen molar-refractivity contribution in [2.45, 2.75) is 12.6 Å². The number of rotatable bonds is 5. The van der Waals surface area contributed by atoms with E-state index >= 15 is 0 Å². The molecule has 2 N–H and O–H groups in total. The number of carboxylic acids is 1.